The van der Waals surface area contributed by atoms with Crippen molar-refractivity contribution in [3.63, 3.8) is 0 Å². The number of rotatable bonds is 5. The number of aliphatic carboxylic acids is 1. The van der Waals surface area contributed by atoms with Gasteiger partial charge >= 0.3 is 5.97 Å². The first-order chi connectivity index (χ1) is 7.31. The summed E-state index contributed by atoms with van der Waals surface area (Å²) in [6.45, 7) is 0.178. The molecule has 1 rings (SSSR count). The third-order valence-electron chi connectivity index (χ3n) is 1.81. The summed E-state index contributed by atoms with van der Waals surface area (Å²) in [6.07, 6.45) is 0. The van der Waals surface area contributed by atoms with E-state index < -0.39 is 21.7 Å². The first-order valence-electron chi connectivity index (χ1n) is 4.20. The van der Waals surface area contributed by atoms with E-state index in [4.69, 9.17) is 5.11 Å². The molecule has 16 heavy (non-hydrogen) atoms. The molecule has 0 aliphatic heterocycles. The minimum atomic E-state index is -3.73. The molecular weight excluding hydrogens is 318 g/mol. The summed E-state index contributed by atoms with van der Waals surface area (Å²) in [7, 11) is -2.36. The maximum absolute atomic E-state index is 11.5. The summed E-state index contributed by atoms with van der Waals surface area (Å²) >= 11 is 4.72. The van der Waals surface area contributed by atoms with Gasteiger partial charge in [-0.1, -0.05) is 0 Å². The Kier molecular flexibility index (Phi) is 4.48. The maximum Gasteiger partial charge on any atom is 0.320 e. The van der Waals surface area contributed by atoms with E-state index in [0.29, 0.717) is 0 Å². The van der Waals surface area contributed by atoms with Gasteiger partial charge in [0.1, 0.15) is 0 Å². The third-order valence-corrected chi connectivity index (χ3v) is 5.05. The Bertz CT molecular complexity index is 482. The van der Waals surface area contributed by atoms with E-state index in [9.17, 15) is 13.2 Å². The molecule has 5 nitrogen and oxygen atoms in total. The van der Waals surface area contributed by atoms with Gasteiger partial charge in [-0.2, -0.15) is 0 Å². The van der Waals surface area contributed by atoms with Crippen LogP contribution in [-0.2, 0) is 21.4 Å². The van der Waals surface area contributed by atoms with E-state index in [1.165, 1.54) is 18.4 Å². The van der Waals surface area contributed by atoms with Crippen LogP contribution in [0.3, 0.4) is 0 Å². The average molecular weight is 328 g/mol. The predicted molar refractivity (Wildman–Crippen MR) is 64.9 cm³/mol. The second-order valence-electron chi connectivity index (χ2n) is 3.17. The molecule has 1 aromatic rings. The number of hydrogen-bond acceptors (Lipinski definition) is 4. The Morgan fingerprint density at radius 2 is 2.25 bits per heavy atom. The molecule has 0 amide bonds. The Morgan fingerprint density at radius 1 is 1.62 bits per heavy atom. The van der Waals surface area contributed by atoms with E-state index in [0.717, 1.165) is 13.7 Å². The minimum absolute atomic E-state index is 0.178. The summed E-state index contributed by atoms with van der Waals surface area (Å²) in [5.41, 5.74) is 0.827. The zero-order valence-corrected chi connectivity index (χ0v) is 11.6. The van der Waals surface area contributed by atoms with E-state index in [2.05, 4.69) is 15.9 Å². The van der Waals surface area contributed by atoms with Crippen molar-refractivity contribution in [3.05, 3.63) is 20.8 Å². The van der Waals surface area contributed by atoms with Gasteiger partial charge in [-0.05, 0) is 32.9 Å². The summed E-state index contributed by atoms with van der Waals surface area (Å²) < 4.78 is 24.9. The van der Waals surface area contributed by atoms with Crippen molar-refractivity contribution in [2.45, 2.75) is 6.54 Å². The second-order valence-corrected chi connectivity index (χ2v) is 7.53. The van der Waals surface area contributed by atoms with Crippen molar-refractivity contribution >= 4 is 43.3 Å². The Balaban J connectivity index is 2.72. The standard InChI is InChI=1S/C8H10BrNO4S2/c1-10(16(13,14)5-8(11)12)3-6-2-7(9)15-4-6/h2,4H,3,5H2,1H3,(H,11,12). The zero-order valence-electron chi connectivity index (χ0n) is 8.38. The molecule has 1 N–H and O–H groups in total. The molecule has 0 saturated carbocycles. The van der Waals surface area contributed by atoms with Crippen molar-refractivity contribution in [2.24, 2.45) is 0 Å². The summed E-state index contributed by atoms with van der Waals surface area (Å²) in [4.78, 5) is 10.4. The average Bonchev–Trinajstić information content (AvgIpc) is 2.48. The third kappa shape index (κ3) is 3.85. The van der Waals surface area contributed by atoms with Crippen LogP contribution in [0.4, 0.5) is 0 Å². The molecule has 0 unspecified atom stereocenters. The molecule has 0 aromatic carbocycles. The van der Waals surface area contributed by atoms with Gasteiger partial charge in [-0.15, -0.1) is 11.3 Å². The largest absolute Gasteiger partial charge is 0.480 e. The quantitative estimate of drug-likeness (QED) is 0.886. The Hall–Kier alpha value is -0.440. The van der Waals surface area contributed by atoms with Crippen LogP contribution >= 0.6 is 27.3 Å². The summed E-state index contributed by atoms with van der Waals surface area (Å²) in [5, 5.41) is 10.3. The lowest BCUT2D eigenvalue weighted by molar-refractivity contribution is -0.134. The molecule has 1 heterocycles. The number of thiophene rings is 1. The molecule has 0 saturated heterocycles. The number of hydrogen-bond donors (Lipinski definition) is 1. The Labute approximate surface area is 106 Å². The number of carboxylic acid groups (broad SMARTS) is 1. The Morgan fingerprint density at radius 3 is 2.69 bits per heavy atom. The van der Waals surface area contributed by atoms with Crippen LogP contribution in [0.25, 0.3) is 0 Å². The topological polar surface area (TPSA) is 74.7 Å². The minimum Gasteiger partial charge on any atom is -0.480 e. The van der Waals surface area contributed by atoms with Gasteiger partial charge in [-0.25, -0.2) is 12.7 Å². The van der Waals surface area contributed by atoms with Crippen molar-refractivity contribution in [1.29, 1.82) is 0 Å². The number of halogens is 1. The molecule has 0 radical (unpaired) electrons. The van der Waals surface area contributed by atoms with Crippen LogP contribution in [-0.4, -0.2) is 36.6 Å². The highest BCUT2D eigenvalue weighted by Crippen LogP contribution is 2.22. The molecule has 0 bridgehead atoms. The van der Waals surface area contributed by atoms with Crippen LogP contribution < -0.4 is 0 Å². The van der Waals surface area contributed by atoms with Crippen LogP contribution in [0.2, 0.25) is 0 Å². The number of carbonyl (C=O) groups is 1. The molecule has 0 aliphatic rings. The maximum atomic E-state index is 11.5. The van der Waals surface area contributed by atoms with E-state index in [1.54, 1.807) is 6.07 Å². The first-order valence-corrected chi connectivity index (χ1v) is 7.48. The van der Waals surface area contributed by atoms with Gasteiger partial charge in [0, 0.05) is 13.6 Å². The SMILES string of the molecule is CN(Cc1csc(Br)c1)S(=O)(=O)CC(=O)O. The fourth-order valence-corrected chi connectivity index (χ4v) is 3.13. The van der Waals surface area contributed by atoms with Crippen molar-refractivity contribution < 1.29 is 18.3 Å². The zero-order chi connectivity index (χ0) is 12.3. The molecule has 1 aromatic heterocycles. The molecular formula is C8H10BrNO4S2. The van der Waals surface area contributed by atoms with Gasteiger partial charge in [0.2, 0.25) is 10.0 Å². The highest BCUT2D eigenvalue weighted by Gasteiger charge is 2.21. The van der Waals surface area contributed by atoms with Crippen LogP contribution in [0, 0.1) is 0 Å². The first kappa shape index (κ1) is 13.6. The van der Waals surface area contributed by atoms with Crippen LogP contribution in [0.15, 0.2) is 15.2 Å². The molecule has 0 aliphatic carbocycles. The second kappa shape index (κ2) is 5.26. The van der Waals surface area contributed by atoms with Crippen molar-refractivity contribution in [3.8, 4) is 0 Å². The summed E-state index contributed by atoms with van der Waals surface area (Å²) in [6, 6.07) is 1.80. The highest BCUT2D eigenvalue weighted by atomic mass is 79.9. The monoisotopic (exact) mass is 327 g/mol. The van der Waals surface area contributed by atoms with Gasteiger partial charge in [0.05, 0.1) is 3.79 Å². The molecule has 90 valence electrons. The van der Waals surface area contributed by atoms with Gasteiger partial charge < -0.3 is 5.11 Å². The number of sulfonamides is 1. The molecule has 0 fully saturated rings. The molecule has 8 heteroatoms. The van der Waals surface area contributed by atoms with E-state index in [-0.39, 0.29) is 6.54 Å². The van der Waals surface area contributed by atoms with E-state index in [1.807, 2.05) is 5.38 Å². The van der Waals surface area contributed by atoms with Crippen LogP contribution in [0.5, 0.6) is 0 Å². The van der Waals surface area contributed by atoms with Crippen LogP contribution in [0.1, 0.15) is 5.56 Å². The normalized spacial score (nSPS) is 11.9. The highest BCUT2D eigenvalue weighted by molar-refractivity contribution is 9.11. The van der Waals surface area contributed by atoms with Gasteiger partial charge in [-0.3, -0.25) is 4.79 Å². The smallest absolute Gasteiger partial charge is 0.320 e. The van der Waals surface area contributed by atoms with Gasteiger partial charge in [0.15, 0.2) is 5.75 Å². The molecule has 0 spiro atoms. The number of carboxylic acids is 1. The fraction of sp³-hybridized carbons (Fsp3) is 0.375. The predicted octanol–water partition coefficient (Wildman–Crippen LogP) is 1.36. The lowest BCUT2D eigenvalue weighted by Crippen LogP contribution is -2.31. The van der Waals surface area contributed by atoms with Gasteiger partial charge in [0.25, 0.3) is 0 Å². The van der Waals surface area contributed by atoms with Crippen molar-refractivity contribution in [1.82, 2.24) is 4.31 Å². The number of nitrogens with zero attached hydrogens (tertiary/aromatic N) is 1. The van der Waals surface area contributed by atoms with E-state index >= 15 is 0 Å². The fourth-order valence-electron chi connectivity index (χ4n) is 1.05. The van der Waals surface area contributed by atoms with Crippen molar-refractivity contribution in [2.75, 3.05) is 12.8 Å². The molecule has 0 atom stereocenters. The summed E-state index contributed by atoms with van der Waals surface area (Å²) in [5.74, 6) is -2.23. The lowest BCUT2D eigenvalue weighted by atomic mass is 10.3. The lowest BCUT2D eigenvalue weighted by Gasteiger charge is -2.14.